The van der Waals surface area contributed by atoms with Gasteiger partial charge in [0.1, 0.15) is 11.4 Å². The second kappa shape index (κ2) is 12.7. The minimum absolute atomic E-state index is 0.0392. The zero-order chi connectivity index (χ0) is 27.9. The number of rotatable bonds is 10. The van der Waals surface area contributed by atoms with Crippen molar-refractivity contribution in [2.24, 2.45) is 0 Å². The van der Waals surface area contributed by atoms with Gasteiger partial charge in [-0.15, -0.1) is 0 Å². The molecular weight excluding hydrogens is 500 g/mol. The summed E-state index contributed by atoms with van der Waals surface area (Å²) in [5, 5.41) is 0. The van der Waals surface area contributed by atoms with Crippen LogP contribution in [0.25, 0.3) is 0 Å². The second-order valence-electron chi connectivity index (χ2n) is 10.1. The maximum Gasteiger partial charge on any atom is 0.263 e. The number of nitrogens with zero attached hydrogens (tertiary/aromatic N) is 6. The quantitative estimate of drug-likeness (QED) is 0.259. The molecule has 8 heteroatoms. The maximum absolute atomic E-state index is 13.8. The third kappa shape index (κ3) is 6.29. The Kier molecular flexibility index (Phi) is 8.66. The third-order valence-corrected chi connectivity index (χ3v) is 7.11. The molecule has 0 saturated heterocycles. The van der Waals surface area contributed by atoms with Crippen molar-refractivity contribution < 1.29 is 9.53 Å². The van der Waals surface area contributed by atoms with Crippen LogP contribution in [0.15, 0.2) is 85.2 Å². The van der Waals surface area contributed by atoms with Crippen LogP contribution in [0.4, 0.5) is 17.5 Å². The second-order valence-corrected chi connectivity index (χ2v) is 10.1. The smallest absolute Gasteiger partial charge is 0.263 e. The highest BCUT2D eigenvalue weighted by molar-refractivity contribution is 6.09. The molecule has 4 aromatic rings. The molecule has 0 N–H and O–H groups in total. The monoisotopic (exact) mass is 536 g/mol. The summed E-state index contributed by atoms with van der Waals surface area (Å²) in [6, 6.07) is 24.2. The van der Waals surface area contributed by atoms with E-state index >= 15 is 0 Å². The fraction of sp³-hybridized carbons (Fsp3) is 0.312. The Morgan fingerprint density at radius 3 is 2.60 bits per heavy atom. The van der Waals surface area contributed by atoms with Gasteiger partial charge in [-0.2, -0.15) is 4.98 Å². The third-order valence-electron chi connectivity index (χ3n) is 7.11. The summed E-state index contributed by atoms with van der Waals surface area (Å²) in [6.07, 6.45) is 5.45. The predicted octanol–water partition coefficient (Wildman–Crippen LogP) is 5.66. The van der Waals surface area contributed by atoms with Gasteiger partial charge in [-0.3, -0.25) is 9.78 Å². The van der Waals surface area contributed by atoms with Gasteiger partial charge < -0.3 is 19.4 Å². The van der Waals surface area contributed by atoms with Crippen LogP contribution in [0, 0.1) is 0 Å². The molecule has 0 radical (unpaired) electrons. The lowest BCUT2D eigenvalue weighted by molar-refractivity contribution is 0.0334. The number of hydrogen-bond acceptors (Lipinski definition) is 7. The summed E-state index contributed by atoms with van der Waals surface area (Å²) >= 11 is 0. The summed E-state index contributed by atoms with van der Waals surface area (Å²) < 4.78 is 6.36. The molecule has 1 unspecified atom stereocenters. The Morgan fingerprint density at radius 2 is 1.82 bits per heavy atom. The Hall–Kier alpha value is -4.30. The molecule has 0 aliphatic carbocycles. The number of aromatic nitrogens is 3. The van der Waals surface area contributed by atoms with E-state index < -0.39 is 0 Å². The average molecular weight is 537 g/mol. The summed E-state index contributed by atoms with van der Waals surface area (Å²) in [7, 11) is 3.89. The van der Waals surface area contributed by atoms with Crippen LogP contribution in [-0.4, -0.2) is 48.0 Å². The van der Waals surface area contributed by atoms with Crippen LogP contribution in [-0.2, 0) is 17.9 Å². The Balaban J connectivity index is 1.33. The fourth-order valence-corrected chi connectivity index (χ4v) is 4.93. The first kappa shape index (κ1) is 27.3. The summed E-state index contributed by atoms with van der Waals surface area (Å²) in [5.41, 5.74) is 4.47. The molecule has 0 fully saturated rings. The van der Waals surface area contributed by atoms with E-state index in [4.69, 9.17) is 9.72 Å². The van der Waals surface area contributed by atoms with Gasteiger partial charge in [0.05, 0.1) is 24.9 Å². The van der Waals surface area contributed by atoms with Crippen LogP contribution in [0.1, 0.15) is 53.0 Å². The van der Waals surface area contributed by atoms with E-state index in [9.17, 15) is 4.79 Å². The van der Waals surface area contributed by atoms with Crippen molar-refractivity contribution >= 4 is 23.4 Å². The van der Waals surface area contributed by atoms with Crippen molar-refractivity contribution in [3.8, 4) is 0 Å². The van der Waals surface area contributed by atoms with Crippen LogP contribution >= 0.6 is 0 Å². The molecule has 0 bridgehead atoms. The first-order chi connectivity index (χ1) is 19.5. The predicted molar refractivity (Wildman–Crippen MR) is 159 cm³/mol. The van der Waals surface area contributed by atoms with Crippen molar-refractivity contribution in [1.29, 1.82) is 0 Å². The first-order valence-electron chi connectivity index (χ1n) is 13.8. The molecule has 0 saturated carbocycles. The van der Waals surface area contributed by atoms with Crippen molar-refractivity contribution in [3.05, 3.63) is 108 Å². The highest BCUT2D eigenvalue weighted by atomic mass is 16.5. The maximum atomic E-state index is 13.8. The molecule has 5 rings (SSSR count). The number of amides is 1. The van der Waals surface area contributed by atoms with Gasteiger partial charge in [-0.05, 0) is 41.8 Å². The SMILES string of the molecule is CCCC(OCc1cccc(N2CCN(C)c3nc(N(C)Cc4ccccn4)ncc3C2=O)c1)c1ccccc1. The number of pyridine rings is 1. The molecule has 1 atom stereocenters. The Labute approximate surface area is 236 Å². The molecule has 3 heterocycles. The van der Waals surface area contributed by atoms with Crippen molar-refractivity contribution in [2.75, 3.05) is 41.9 Å². The zero-order valence-corrected chi connectivity index (χ0v) is 23.4. The molecule has 1 amide bonds. The number of carbonyl (C=O) groups is 1. The number of ether oxygens (including phenoxy) is 1. The molecule has 1 aliphatic rings. The largest absolute Gasteiger partial charge is 0.369 e. The standard InChI is InChI=1S/C32H36N6O2/c1-4-11-29(25-13-6-5-7-14-25)40-23-24-12-10-16-27(20-24)38-19-18-36(2)30-28(31(38)39)21-34-32(35-30)37(3)22-26-15-8-9-17-33-26/h5-10,12-17,20-21,29H,4,11,18-19,22-23H2,1-3H3. The molecule has 8 nitrogen and oxygen atoms in total. The van der Waals surface area contributed by atoms with Gasteiger partial charge in [0.2, 0.25) is 5.95 Å². The van der Waals surface area contributed by atoms with Crippen LogP contribution in [0.5, 0.6) is 0 Å². The molecule has 206 valence electrons. The van der Waals surface area contributed by atoms with E-state index in [1.54, 1.807) is 12.4 Å². The number of hydrogen-bond donors (Lipinski definition) is 0. The van der Waals surface area contributed by atoms with Gasteiger partial charge in [-0.1, -0.05) is 61.9 Å². The van der Waals surface area contributed by atoms with Crippen molar-refractivity contribution in [1.82, 2.24) is 15.0 Å². The van der Waals surface area contributed by atoms with Crippen molar-refractivity contribution in [2.45, 2.75) is 39.0 Å². The van der Waals surface area contributed by atoms with Gasteiger partial charge in [0, 0.05) is 45.3 Å². The molecule has 2 aromatic carbocycles. The van der Waals surface area contributed by atoms with Gasteiger partial charge in [0.25, 0.3) is 5.91 Å². The van der Waals surface area contributed by atoms with Crippen LogP contribution < -0.4 is 14.7 Å². The van der Waals surface area contributed by atoms with E-state index in [0.29, 0.717) is 43.6 Å². The topological polar surface area (TPSA) is 74.7 Å². The molecular formula is C32H36N6O2. The van der Waals surface area contributed by atoms with E-state index in [0.717, 1.165) is 29.8 Å². The summed E-state index contributed by atoms with van der Waals surface area (Å²) in [4.78, 5) is 33.3. The van der Waals surface area contributed by atoms with E-state index in [1.165, 1.54) is 5.56 Å². The van der Waals surface area contributed by atoms with Gasteiger partial charge >= 0.3 is 0 Å². The fourth-order valence-electron chi connectivity index (χ4n) is 4.93. The van der Waals surface area contributed by atoms with E-state index in [1.807, 2.05) is 89.5 Å². The lowest BCUT2D eigenvalue weighted by Gasteiger charge is -2.22. The lowest BCUT2D eigenvalue weighted by atomic mass is 10.1. The Bertz CT molecular complexity index is 1420. The number of fused-ring (bicyclic) bond motifs is 1. The highest BCUT2D eigenvalue weighted by Gasteiger charge is 2.28. The number of likely N-dealkylation sites (N-methyl/N-ethyl adjacent to an activating group) is 1. The Morgan fingerprint density at radius 1 is 1.00 bits per heavy atom. The number of benzene rings is 2. The lowest BCUT2D eigenvalue weighted by Crippen LogP contribution is -2.33. The first-order valence-corrected chi connectivity index (χ1v) is 13.8. The average Bonchev–Trinajstić information content (AvgIpc) is 3.11. The summed E-state index contributed by atoms with van der Waals surface area (Å²) in [5.74, 6) is 1.08. The minimum Gasteiger partial charge on any atom is -0.369 e. The zero-order valence-electron chi connectivity index (χ0n) is 23.4. The minimum atomic E-state index is -0.107. The summed E-state index contributed by atoms with van der Waals surface area (Å²) in [6.45, 7) is 4.40. The molecule has 2 aromatic heterocycles. The van der Waals surface area contributed by atoms with Crippen LogP contribution in [0.3, 0.4) is 0 Å². The van der Waals surface area contributed by atoms with Crippen LogP contribution in [0.2, 0.25) is 0 Å². The normalized spacial score (nSPS) is 14.0. The molecule has 1 aliphatic heterocycles. The van der Waals surface area contributed by atoms with Gasteiger partial charge in [-0.25, -0.2) is 4.98 Å². The van der Waals surface area contributed by atoms with Crippen molar-refractivity contribution in [3.63, 3.8) is 0 Å². The number of anilines is 3. The highest BCUT2D eigenvalue weighted by Crippen LogP contribution is 2.29. The number of carbonyl (C=O) groups excluding carboxylic acids is 1. The van der Waals surface area contributed by atoms with Gasteiger partial charge in [0.15, 0.2) is 0 Å². The molecule has 40 heavy (non-hydrogen) atoms. The van der Waals surface area contributed by atoms with E-state index in [-0.39, 0.29) is 12.0 Å². The molecule has 0 spiro atoms. The van der Waals surface area contributed by atoms with E-state index in [2.05, 4.69) is 29.0 Å².